The minimum absolute atomic E-state index is 0.105. The lowest BCUT2D eigenvalue weighted by Crippen LogP contribution is -2.30. The molecule has 0 aromatic heterocycles. The van der Waals surface area contributed by atoms with E-state index >= 15 is 0 Å². The fourth-order valence-electron chi connectivity index (χ4n) is 12.9. The van der Waals surface area contributed by atoms with Crippen molar-refractivity contribution in [2.45, 2.75) is 458 Å². The number of aliphatic hydroxyl groups is 1. The third kappa shape index (κ3) is 74.9. The summed E-state index contributed by atoms with van der Waals surface area (Å²) in [5.41, 5.74) is 0. The van der Waals surface area contributed by atoms with E-state index in [0.29, 0.717) is 31.6 Å². The molecule has 0 aliphatic rings. The van der Waals surface area contributed by atoms with Gasteiger partial charge in [-0.25, -0.2) is 9.13 Å². The van der Waals surface area contributed by atoms with E-state index < -0.39 is 97.5 Å². The van der Waals surface area contributed by atoms with Gasteiger partial charge in [0.2, 0.25) is 0 Å². The predicted octanol–water partition coefficient (Wildman–Crippen LogP) is 25.1. The Morgan fingerprint density at radius 2 is 0.500 bits per heavy atom. The topological polar surface area (TPSA) is 237 Å². The number of carbonyl (C=O) groups excluding carboxylic acids is 4. The van der Waals surface area contributed by atoms with Crippen molar-refractivity contribution in [1.29, 1.82) is 0 Å². The second-order valence-electron chi connectivity index (χ2n) is 30.6. The molecule has 0 aromatic rings. The van der Waals surface area contributed by atoms with Crippen LogP contribution in [-0.4, -0.2) is 96.7 Å². The molecule has 0 aliphatic heterocycles. The molecular weight excluding hydrogens is 1330 g/mol. The van der Waals surface area contributed by atoms with Crippen molar-refractivity contribution in [1.82, 2.24) is 0 Å². The average molecular weight is 1490 g/mol. The highest BCUT2D eigenvalue weighted by molar-refractivity contribution is 7.47. The maximum atomic E-state index is 13.1. The van der Waals surface area contributed by atoms with Gasteiger partial charge in [-0.1, -0.05) is 388 Å². The highest BCUT2D eigenvalue weighted by Crippen LogP contribution is 2.45. The molecule has 606 valence electrons. The monoisotopic (exact) mass is 1490 g/mol. The van der Waals surface area contributed by atoms with Crippen LogP contribution in [0.1, 0.15) is 440 Å². The number of phosphoric ester groups is 2. The molecule has 0 radical (unpaired) electrons. The average Bonchev–Trinajstić information content (AvgIpc) is 0.934. The number of phosphoric acid groups is 2. The molecule has 0 spiro atoms. The van der Waals surface area contributed by atoms with Crippen molar-refractivity contribution in [3.8, 4) is 0 Å². The largest absolute Gasteiger partial charge is 0.472 e. The number of hydrogen-bond acceptors (Lipinski definition) is 15. The van der Waals surface area contributed by atoms with E-state index in [9.17, 15) is 43.2 Å². The number of hydrogen-bond donors (Lipinski definition) is 3. The first-order chi connectivity index (χ1) is 49.4. The molecule has 0 amide bonds. The Morgan fingerprint density at radius 1 is 0.284 bits per heavy atom. The summed E-state index contributed by atoms with van der Waals surface area (Å²) in [6, 6.07) is 0. The molecule has 19 heteroatoms. The second kappa shape index (κ2) is 74.5. The van der Waals surface area contributed by atoms with Crippen LogP contribution in [-0.2, 0) is 65.4 Å². The number of unbranched alkanes of at least 4 members (excludes halogenated alkanes) is 51. The number of aliphatic hydroxyl groups excluding tert-OH is 1. The van der Waals surface area contributed by atoms with E-state index in [1.807, 2.05) is 0 Å². The van der Waals surface area contributed by atoms with Gasteiger partial charge in [-0.05, 0) is 37.5 Å². The van der Waals surface area contributed by atoms with Crippen molar-refractivity contribution >= 4 is 39.5 Å². The van der Waals surface area contributed by atoms with Crippen molar-refractivity contribution in [2.75, 3.05) is 39.6 Å². The highest BCUT2D eigenvalue weighted by Gasteiger charge is 2.30. The lowest BCUT2D eigenvalue weighted by molar-refractivity contribution is -0.161. The number of esters is 4. The van der Waals surface area contributed by atoms with Gasteiger partial charge in [0.1, 0.15) is 19.3 Å². The van der Waals surface area contributed by atoms with Crippen LogP contribution in [0.15, 0.2) is 0 Å². The Balaban J connectivity index is 5.21. The Bertz CT molecular complexity index is 1960. The quantitative estimate of drug-likeness (QED) is 0.0222. The first-order valence-electron chi connectivity index (χ1n) is 43.0. The second-order valence-corrected chi connectivity index (χ2v) is 33.5. The van der Waals surface area contributed by atoms with Gasteiger partial charge in [0.15, 0.2) is 12.2 Å². The van der Waals surface area contributed by atoms with Crippen LogP contribution in [0.3, 0.4) is 0 Å². The molecule has 0 saturated heterocycles. The molecular formula is C83H162O17P2. The minimum atomic E-state index is -4.96. The van der Waals surface area contributed by atoms with E-state index in [1.54, 1.807) is 0 Å². The molecule has 17 nitrogen and oxygen atoms in total. The fraction of sp³-hybridized carbons (Fsp3) is 0.952. The van der Waals surface area contributed by atoms with Gasteiger partial charge in [0.25, 0.3) is 0 Å². The van der Waals surface area contributed by atoms with Crippen molar-refractivity contribution in [2.24, 2.45) is 11.8 Å². The van der Waals surface area contributed by atoms with E-state index in [2.05, 4.69) is 41.5 Å². The normalized spacial score (nSPS) is 14.1. The zero-order chi connectivity index (χ0) is 74.9. The summed E-state index contributed by atoms with van der Waals surface area (Å²) < 4.78 is 68.7. The molecule has 0 rings (SSSR count). The molecule has 3 N–H and O–H groups in total. The van der Waals surface area contributed by atoms with Gasteiger partial charge >= 0.3 is 39.5 Å². The zero-order valence-corrected chi connectivity index (χ0v) is 68.7. The van der Waals surface area contributed by atoms with E-state index in [1.165, 1.54) is 250 Å². The predicted molar refractivity (Wildman–Crippen MR) is 418 cm³/mol. The third-order valence-corrected chi connectivity index (χ3v) is 21.7. The molecule has 0 aromatic carbocycles. The summed E-state index contributed by atoms with van der Waals surface area (Å²) in [6.07, 6.45) is 65.5. The number of ether oxygens (including phenoxy) is 4. The molecule has 0 saturated carbocycles. The van der Waals surface area contributed by atoms with Crippen LogP contribution in [0.4, 0.5) is 0 Å². The van der Waals surface area contributed by atoms with Crippen molar-refractivity contribution in [3.05, 3.63) is 0 Å². The summed E-state index contributed by atoms with van der Waals surface area (Å²) in [5, 5.41) is 10.6. The van der Waals surface area contributed by atoms with E-state index in [4.69, 9.17) is 37.0 Å². The maximum Gasteiger partial charge on any atom is 0.472 e. The fourth-order valence-corrected chi connectivity index (χ4v) is 14.4. The van der Waals surface area contributed by atoms with Gasteiger partial charge in [-0.3, -0.25) is 37.3 Å². The summed E-state index contributed by atoms with van der Waals surface area (Å²) in [6.45, 7) is 9.58. The lowest BCUT2D eigenvalue weighted by atomic mass is 9.99. The molecule has 0 fully saturated rings. The highest BCUT2D eigenvalue weighted by atomic mass is 31.2. The number of rotatable bonds is 82. The van der Waals surface area contributed by atoms with Crippen LogP contribution in [0.25, 0.3) is 0 Å². The molecule has 0 heterocycles. The van der Waals surface area contributed by atoms with E-state index in [-0.39, 0.29) is 25.7 Å². The lowest BCUT2D eigenvalue weighted by Gasteiger charge is -2.21. The first-order valence-corrected chi connectivity index (χ1v) is 46.0. The molecule has 6 atom stereocenters. The Hall–Kier alpha value is -1.94. The minimum Gasteiger partial charge on any atom is -0.462 e. The Labute approximate surface area is 626 Å². The summed E-state index contributed by atoms with van der Waals surface area (Å²) in [5.74, 6) is -0.636. The van der Waals surface area contributed by atoms with Gasteiger partial charge in [-0.15, -0.1) is 0 Å². The van der Waals surface area contributed by atoms with Gasteiger partial charge in [0, 0.05) is 25.7 Å². The van der Waals surface area contributed by atoms with Crippen molar-refractivity contribution < 1.29 is 80.2 Å². The zero-order valence-electron chi connectivity index (χ0n) is 66.9. The van der Waals surface area contributed by atoms with Gasteiger partial charge < -0.3 is 33.8 Å². The SMILES string of the molecule is CCCCCCCCCCCCCCCCCCCCCCCC(=O)O[C@H](COC(=O)CCCCCCCCCCCCCCCCCCCCC)COP(=O)(O)OC[C@@H](O)COP(=O)(O)OC[C@@H](COC(=O)CCCCCCCCCC(C)C)OC(=O)CCCCCCCCCCC(C)CC. The van der Waals surface area contributed by atoms with Gasteiger partial charge in [-0.2, -0.15) is 0 Å². The molecule has 102 heavy (non-hydrogen) atoms. The maximum absolute atomic E-state index is 13.1. The summed E-state index contributed by atoms with van der Waals surface area (Å²) in [7, 11) is -9.92. The molecule has 0 bridgehead atoms. The standard InChI is InChI=1S/C83H162O17P2/c1-7-10-12-14-16-18-20-22-24-26-28-29-31-33-35-37-39-41-48-55-61-67-82(87)99-78(71-93-80(85)65-59-53-47-40-38-36-34-32-30-27-25-23-21-19-17-15-13-11-8-2)73-97-101(89,90)95-69-77(84)70-96-102(91,92)98-74-79(72-94-81(86)66-60-54-50-44-45-51-57-63-75(4)5)100-83(88)68-62-56-49-43-42-46-52-58-64-76(6)9-3/h75-79,84H,7-74H2,1-6H3,(H,89,90)(H,91,92)/t76?,77-,78-,79-/m1/s1. The van der Waals surface area contributed by atoms with Crippen LogP contribution in [0.5, 0.6) is 0 Å². The third-order valence-electron chi connectivity index (χ3n) is 19.8. The van der Waals surface area contributed by atoms with Crippen LogP contribution >= 0.6 is 15.6 Å². The molecule has 0 aliphatic carbocycles. The summed E-state index contributed by atoms with van der Waals surface area (Å²) in [4.78, 5) is 73.0. The van der Waals surface area contributed by atoms with Crippen molar-refractivity contribution in [3.63, 3.8) is 0 Å². The summed E-state index contributed by atoms with van der Waals surface area (Å²) >= 11 is 0. The van der Waals surface area contributed by atoms with Gasteiger partial charge in [0.05, 0.1) is 26.4 Å². The van der Waals surface area contributed by atoms with Crippen LogP contribution < -0.4 is 0 Å². The first kappa shape index (κ1) is 100. The number of carbonyl (C=O) groups is 4. The Kier molecular flexibility index (Phi) is 73.1. The van der Waals surface area contributed by atoms with E-state index in [0.717, 1.165) is 102 Å². The molecule has 3 unspecified atom stereocenters. The van der Waals surface area contributed by atoms with Crippen LogP contribution in [0, 0.1) is 11.8 Å². The smallest absolute Gasteiger partial charge is 0.462 e. The Morgan fingerprint density at radius 3 is 0.745 bits per heavy atom. The van der Waals surface area contributed by atoms with Crippen LogP contribution in [0.2, 0.25) is 0 Å².